The summed E-state index contributed by atoms with van der Waals surface area (Å²) in [5.41, 5.74) is -0.370. The molecule has 0 rings (SSSR count). The number of halogens is 3. The second kappa shape index (κ2) is 4.56. The van der Waals surface area contributed by atoms with Gasteiger partial charge in [-0.15, -0.1) is 6.42 Å². The minimum absolute atomic E-state index is 0.622. The minimum Gasteiger partial charge on any atom is -0.165 e. The maximum atomic E-state index is 12.0. The van der Waals surface area contributed by atoms with E-state index in [1.54, 1.807) is 12.8 Å². The number of terminal acetylenes is 1. The third kappa shape index (κ3) is 4.22. The molecule has 0 amide bonds. The van der Waals surface area contributed by atoms with Gasteiger partial charge in [0.05, 0.1) is 0 Å². The van der Waals surface area contributed by atoms with Crippen molar-refractivity contribution in [2.24, 2.45) is 0 Å². The van der Waals surface area contributed by atoms with Gasteiger partial charge in [0.1, 0.15) is 5.57 Å². The van der Waals surface area contributed by atoms with E-state index in [0.717, 1.165) is 6.08 Å². The minimum atomic E-state index is -4.45. The van der Waals surface area contributed by atoms with Crippen LogP contribution in [0, 0.1) is 12.3 Å². The maximum absolute atomic E-state index is 12.0. The van der Waals surface area contributed by atoms with Gasteiger partial charge in [-0.1, -0.05) is 30.2 Å². The monoisotopic (exact) mass is 186 g/mol. The zero-order valence-electron chi connectivity index (χ0n) is 7.15. The van der Waals surface area contributed by atoms with Crippen LogP contribution in [0.3, 0.4) is 0 Å². The molecule has 0 spiro atoms. The molecule has 3 heteroatoms. The highest BCUT2D eigenvalue weighted by molar-refractivity contribution is 5.35. The Hall–Kier alpha value is -1.43. The molecule has 0 heterocycles. The first-order chi connectivity index (χ1) is 5.91. The number of hydrogen-bond donors (Lipinski definition) is 0. The van der Waals surface area contributed by atoms with Gasteiger partial charge in [0, 0.05) is 0 Å². The van der Waals surface area contributed by atoms with Crippen molar-refractivity contribution < 1.29 is 13.2 Å². The Bertz CT molecular complexity index is 284. The number of hydrogen-bond acceptors (Lipinski definition) is 0. The first-order valence-electron chi connectivity index (χ1n) is 3.46. The third-order valence-electron chi connectivity index (χ3n) is 1.30. The van der Waals surface area contributed by atoms with Crippen molar-refractivity contribution in [3.05, 3.63) is 36.0 Å². The van der Waals surface area contributed by atoms with Crippen molar-refractivity contribution in [2.75, 3.05) is 0 Å². The van der Waals surface area contributed by atoms with Gasteiger partial charge in [0.2, 0.25) is 0 Å². The molecule has 0 fully saturated rings. The Morgan fingerprint density at radius 3 is 2.23 bits per heavy atom. The first-order valence-corrected chi connectivity index (χ1v) is 3.46. The molecule has 13 heavy (non-hydrogen) atoms. The third-order valence-corrected chi connectivity index (χ3v) is 1.30. The molecule has 0 saturated carbocycles. The van der Waals surface area contributed by atoms with Crippen LogP contribution in [0.2, 0.25) is 0 Å². The number of alkyl halides is 3. The molecule has 0 atom stereocenters. The van der Waals surface area contributed by atoms with Gasteiger partial charge < -0.3 is 0 Å². The van der Waals surface area contributed by atoms with Crippen molar-refractivity contribution in [2.45, 2.75) is 13.1 Å². The molecule has 0 aromatic rings. The Balaban J connectivity index is 4.83. The standard InChI is InChI=1S/C10H9F3/c1-4-8(3)6-7-9(5-2)10(11,12)13/h2,4,6-7H,1H2,3H3/b8-6+,9-7+. The Morgan fingerprint density at radius 1 is 1.38 bits per heavy atom. The predicted octanol–water partition coefficient (Wildman–Crippen LogP) is 3.24. The molecule has 0 bridgehead atoms. The molecule has 0 aliphatic rings. The van der Waals surface area contributed by atoms with Gasteiger partial charge in [-0.2, -0.15) is 13.2 Å². The molecule has 0 aromatic heterocycles. The van der Waals surface area contributed by atoms with E-state index in [1.807, 2.05) is 0 Å². The van der Waals surface area contributed by atoms with Crippen LogP contribution in [-0.4, -0.2) is 6.18 Å². The van der Waals surface area contributed by atoms with Gasteiger partial charge in [-0.25, -0.2) is 0 Å². The van der Waals surface area contributed by atoms with Crippen molar-refractivity contribution >= 4 is 0 Å². The van der Waals surface area contributed by atoms with E-state index < -0.39 is 11.7 Å². The average Bonchev–Trinajstić information content (AvgIpc) is 2.02. The SMILES string of the molecule is C#C/C(=C\C=C(/C)C=C)C(F)(F)F. The summed E-state index contributed by atoms with van der Waals surface area (Å²) < 4.78 is 36.0. The lowest BCUT2D eigenvalue weighted by Gasteiger charge is -2.03. The second-order valence-electron chi connectivity index (χ2n) is 2.34. The van der Waals surface area contributed by atoms with Gasteiger partial charge in [0.15, 0.2) is 0 Å². The van der Waals surface area contributed by atoms with Crippen LogP contribution in [0.15, 0.2) is 36.0 Å². The van der Waals surface area contributed by atoms with E-state index >= 15 is 0 Å². The smallest absolute Gasteiger partial charge is 0.165 e. The van der Waals surface area contributed by atoms with E-state index in [4.69, 9.17) is 6.42 Å². The molecule has 0 N–H and O–H groups in total. The zero-order chi connectivity index (χ0) is 10.5. The molecule has 0 saturated heterocycles. The van der Waals surface area contributed by atoms with Gasteiger partial charge in [-0.05, 0) is 13.0 Å². The van der Waals surface area contributed by atoms with Crippen LogP contribution in [-0.2, 0) is 0 Å². The van der Waals surface area contributed by atoms with Crippen LogP contribution < -0.4 is 0 Å². The van der Waals surface area contributed by atoms with Crippen molar-refractivity contribution in [3.8, 4) is 12.3 Å². The molecule has 0 aliphatic heterocycles. The predicted molar refractivity (Wildman–Crippen MR) is 46.9 cm³/mol. The maximum Gasteiger partial charge on any atom is 0.424 e. The van der Waals surface area contributed by atoms with Crippen LogP contribution in [0.25, 0.3) is 0 Å². The Labute approximate surface area is 75.5 Å². The summed E-state index contributed by atoms with van der Waals surface area (Å²) in [4.78, 5) is 0. The second-order valence-corrected chi connectivity index (χ2v) is 2.34. The number of rotatable bonds is 2. The fourth-order valence-corrected chi connectivity index (χ4v) is 0.507. The summed E-state index contributed by atoms with van der Waals surface area (Å²) in [6.07, 6.45) is 3.82. The fourth-order valence-electron chi connectivity index (χ4n) is 0.507. The van der Waals surface area contributed by atoms with Crippen LogP contribution >= 0.6 is 0 Å². The highest BCUT2D eigenvalue weighted by Gasteiger charge is 2.31. The summed E-state index contributed by atoms with van der Waals surface area (Å²) in [7, 11) is 0. The van der Waals surface area contributed by atoms with Gasteiger partial charge in [0.25, 0.3) is 0 Å². The molecule has 0 unspecified atom stereocenters. The van der Waals surface area contributed by atoms with Crippen molar-refractivity contribution in [3.63, 3.8) is 0 Å². The molecule has 0 aromatic carbocycles. The summed E-state index contributed by atoms with van der Waals surface area (Å²) in [6.45, 7) is 5.03. The first kappa shape index (κ1) is 11.6. The highest BCUT2D eigenvalue weighted by Crippen LogP contribution is 2.24. The quantitative estimate of drug-likeness (QED) is 0.458. The van der Waals surface area contributed by atoms with E-state index in [-0.39, 0.29) is 0 Å². The largest absolute Gasteiger partial charge is 0.424 e. The topological polar surface area (TPSA) is 0 Å². The summed E-state index contributed by atoms with van der Waals surface area (Å²) in [6, 6.07) is 0. The molecular formula is C10H9F3. The van der Waals surface area contributed by atoms with E-state index in [0.29, 0.717) is 5.57 Å². The van der Waals surface area contributed by atoms with E-state index in [9.17, 15) is 13.2 Å². The Morgan fingerprint density at radius 2 is 1.92 bits per heavy atom. The molecule has 0 aliphatic carbocycles. The van der Waals surface area contributed by atoms with Crippen LogP contribution in [0.5, 0.6) is 0 Å². The molecule has 0 radical (unpaired) electrons. The molecule has 0 nitrogen and oxygen atoms in total. The lowest BCUT2D eigenvalue weighted by Crippen LogP contribution is -2.09. The van der Waals surface area contributed by atoms with E-state index in [1.165, 1.54) is 12.2 Å². The van der Waals surface area contributed by atoms with Crippen LogP contribution in [0.1, 0.15) is 6.92 Å². The lowest BCUT2D eigenvalue weighted by atomic mass is 10.2. The van der Waals surface area contributed by atoms with E-state index in [2.05, 4.69) is 6.58 Å². The van der Waals surface area contributed by atoms with Gasteiger partial charge in [-0.3, -0.25) is 0 Å². The zero-order valence-corrected chi connectivity index (χ0v) is 7.15. The highest BCUT2D eigenvalue weighted by atomic mass is 19.4. The van der Waals surface area contributed by atoms with Crippen LogP contribution in [0.4, 0.5) is 13.2 Å². The summed E-state index contributed by atoms with van der Waals surface area (Å²) in [5, 5.41) is 0. The molecule has 70 valence electrons. The summed E-state index contributed by atoms with van der Waals surface area (Å²) >= 11 is 0. The van der Waals surface area contributed by atoms with Crippen molar-refractivity contribution in [1.82, 2.24) is 0 Å². The molecular weight excluding hydrogens is 177 g/mol. The lowest BCUT2D eigenvalue weighted by molar-refractivity contribution is -0.0871. The fraction of sp³-hybridized carbons (Fsp3) is 0.200. The van der Waals surface area contributed by atoms with Gasteiger partial charge >= 0.3 is 6.18 Å². The normalized spacial score (nSPS) is 13.8. The number of allylic oxidation sites excluding steroid dienone is 5. The average molecular weight is 186 g/mol. The van der Waals surface area contributed by atoms with Crippen molar-refractivity contribution in [1.29, 1.82) is 0 Å². The summed E-state index contributed by atoms with van der Waals surface area (Å²) in [5.74, 6) is 1.58. The Kier molecular flexibility index (Phi) is 4.06.